The molecular weight excluding hydrogens is 339 g/mol. The zero-order chi connectivity index (χ0) is 18.7. The third kappa shape index (κ3) is 2.40. The zero-order valence-corrected chi connectivity index (χ0v) is 16.6. The van der Waals surface area contributed by atoms with Crippen LogP contribution in [-0.4, -0.2) is 18.3 Å². The van der Waals surface area contributed by atoms with Crippen LogP contribution in [0.5, 0.6) is 0 Å². The molecule has 1 aliphatic heterocycles. The lowest BCUT2D eigenvalue weighted by molar-refractivity contribution is 0.00578. The van der Waals surface area contributed by atoms with Gasteiger partial charge in [0.1, 0.15) is 0 Å². The van der Waals surface area contributed by atoms with Crippen LogP contribution in [0.15, 0.2) is 43.5 Å². The van der Waals surface area contributed by atoms with E-state index in [1.54, 1.807) is 11.3 Å². The molecule has 26 heavy (non-hydrogen) atoms. The zero-order valence-electron chi connectivity index (χ0n) is 15.8. The van der Waals surface area contributed by atoms with Crippen LogP contribution in [0.4, 0.5) is 0 Å². The molecule has 3 aromatic rings. The smallest absolute Gasteiger partial charge is 0.399 e. The van der Waals surface area contributed by atoms with Gasteiger partial charge in [-0.1, -0.05) is 49.6 Å². The molecule has 0 N–H and O–H groups in total. The van der Waals surface area contributed by atoms with Crippen LogP contribution in [0.1, 0.15) is 38.1 Å². The normalized spacial score (nSPS) is 18.5. The van der Waals surface area contributed by atoms with Crippen molar-refractivity contribution in [2.24, 2.45) is 0 Å². The molecule has 0 spiro atoms. The highest BCUT2D eigenvalue weighted by Crippen LogP contribution is 2.40. The summed E-state index contributed by atoms with van der Waals surface area (Å²) in [5, 5.41) is 3.60. The molecule has 0 aliphatic carbocycles. The summed E-state index contributed by atoms with van der Waals surface area (Å²) in [6.07, 6.45) is 3.83. The first-order chi connectivity index (χ1) is 12.3. The third-order valence-corrected chi connectivity index (χ3v) is 6.84. The quantitative estimate of drug-likeness (QED) is 0.562. The minimum atomic E-state index is -0.379. The van der Waals surface area contributed by atoms with Gasteiger partial charge in [-0.2, -0.15) is 0 Å². The van der Waals surface area contributed by atoms with Crippen LogP contribution in [-0.2, 0) is 9.31 Å². The van der Waals surface area contributed by atoms with Gasteiger partial charge in [-0.15, -0.1) is 11.3 Å². The van der Waals surface area contributed by atoms with E-state index in [9.17, 15) is 0 Å². The van der Waals surface area contributed by atoms with Gasteiger partial charge in [0.25, 0.3) is 0 Å². The Morgan fingerprint density at radius 1 is 0.962 bits per heavy atom. The molecule has 1 aromatic heterocycles. The highest BCUT2D eigenvalue weighted by molar-refractivity contribution is 7.20. The van der Waals surface area contributed by atoms with Crippen LogP contribution < -0.4 is 5.46 Å². The van der Waals surface area contributed by atoms with E-state index in [0.717, 1.165) is 21.3 Å². The van der Waals surface area contributed by atoms with Crippen LogP contribution in [0, 0.1) is 0 Å². The number of hydrogen-bond donors (Lipinski definition) is 0. The van der Waals surface area contributed by atoms with Crippen molar-refractivity contribution in [3.05, 3.63) is 53.9 Å². The number of fused-ring (bicyclic) bond motifs is 3. The maximum atomic E-state index is 6.34. The van der Waals surface area contributed by atoms with Crippen molar-refractivity contribution in [3.8, 4) is 0 Å². The van der Waals surface area contributed by atoms with E-state index in [0.29, 0.717) is 0 Å². The Bertz CT molecular complexity index is 1030. The van der Waals surface area contributed by atoms with Crippen LogP contribution in [0.3, 0.4) is 0 Å². The standard InChI is InChI=1S/C22H23BO2S/c1-7-14-18(8-2)26-19-13-17(15-11-9-10-12-16(15)20(14)19)23-24-21(3,4)22(5,6)25-23/h7-13H,1-2H2,3-6H3. The maximum Gasteiger partial charge on any atom is 0.495 e. The highest BCUT2D eigenvalue weighted by atomic mass is 32.1. The number of hydrogen-bond acceptors (Lipinski definition) is 3. The molecule has 0 radical (unpaired) electrons. The third-order valence-electron chi connectivity index (χ3n) is 5.69. The summed E-state index contributed by atoms with van der Waals surface area (Å²) in [6.45, 7) is 16.3. The molecule has 4 heteroatoms. The van der Waals surface area contributed by atoms with Gasteiger partial charge in [0.05, 0.1) is 11.2 Å². The summed E-state index contributed by atoms with van der Waals surface area (Å²) >= 11 is 1.74. The number of thiophene rings is 1. The van der Waals surface area contributed by atoms with Gasteiger partial charge in [-0.25, -0.2) is 0 Å². The molecular formula is C22H23BO2S. The van der Waals surface area contributed by atoms with Crippen molar-refractivity contribution in [1.29, 1.82) is 0 Å². The SMILES string of the molecule is C=Cc1sc2cc(B3OC(C)(C)C(C)(C)O3)c3ccccc3c2c1C=C. The molecule has 0 saturated carbocycles. The Morgan fingerprint density at radius 2 is 1.58 bits per heavy atom. The van der Waals surface area contributed by atoms with Crippen LogP contribution >= 0.6 is 11.3 Å². The molecule has 4 rings (SSSR count). The van der Waals surface area contributed by atoms with Gasteiger partial charge in [0.2, 0.25) is 0 Å². The molecule has 0 amide bonds. The van der Waals surface area contributed by atoms with Crippen molar-refractivity contribution in [3.63, 3.8) is 0 Å². The fourth-order valence-corrected chi connectivity index (χ4v) is 4.67. The van der Waals surface area contributed by atoms with E-state index in [2.05, 4.69) is 71.2 Å². The Morgan fingerprint density at radius 3 is 2.15 bits per heavy atom. The highest BCUT2D eigenvalue weighted by Gasteiger charge is 2.52. The van der Waals surface area contributed by atoms with E-state index in [-0.39, 0.29) is 18.3 Å². The average molecular weight is 362 g/mol. The van der Waals surface area contributed by atoms with Gasteiger partial charge in [-0.3, -0.25) is 0 Å². The summed E-state index contributed by atoms with van der Waals surface area (Å²) in [5.41, 5.74) is 1.51. The minimum Gasteiger partial charge on any atom is -0.399 e. The Kier molecular flexibility index (Phi) is 3.92. The fraction of sp³-hybridized carbons (Fsp3) is 0.273. The van der Waals surface area contributed by atoms with Crippen LogP contribution in [0.2, 0.25) is 0 Å². The lowest BCUT2D eigenvalue weighted by Crippen LogP contribution is -2.41. The molecule has 1 saturated heterocycles. The molecule has 1 fully saturated rings. The lowest BCUT2D eigenvalue weighted by atomic mass is 9.75. The summed E-state index contributed by atoms with van der Waals surface area (Å²) in [4.78, 5) is 1.14. The fourth-order valence-electron chi connectivity index (χ4n) is 3.55. The van der Waals surface area contributed by atoms with Crippen LogP contribution in [0.25, 0.3) is 33.0 Å². The van der Waals surface area contributed by atoms with E-state index in [1.165, 1.54) is 15.5 Å². The monoisotopic (exact) mass is 362 g/mol. The Balaban J connectivity index is 2.02. The molecule has 0 bridgehead atoms. The van der Waals surface area contributed by atoms with Crippen molar-refractivity contribution >= 4 is 56.9 Å². The number of benzene rings is 2. The second-order valence-electron chi connectivity index (χ2n) is 7.76. The summed E-state index contributed by atoms with van der Waals surface area (Å²) in [6, 6.07) is 10.7. The number of rotatable bonds is 3. The molecule has 2 nitrogen and oxygen atoms in total. The summed E-state index contributed by atoms with van der Waals surface area (Å²) in [7, 11) is -0.379. The van der Waals surface area contributed by atoms with Gasteiger partial charge in [0.15, 0.2) is 0 Å². The van der Waals surface area contributed by atoms with Gasteiger partial charge in [0, 0.05) is 20.5 Å². The molecule has 132 valence electrons. The second-order valence-corrected chi connectivity index (χ2v) is 8.84. The van der Waals surface area contributed by atoms with E-state index in [4.69, 9.17) is 9.31 Å². The van der Waals surface area contributed by atoms with Crippen molar-refractivity contribution < 1.29 is 9.31 Å². The molecule has 0 atom stereocenters. The molecule has 2 heterocycles. The lowest BCUT2D eigenvalue weighted by Gasteiger charge is -2.32. The predicted octanol–water partition coefficient (Wildman–Crippen LogP) is 5.64. The Hall–Kier alpha value is -1.88. The van der Waals surface area contributed by atoms with Crippen molar-refractivity contribution in [2.75, 3.05) is 0 Å². The summed E-state index contributed by atoms with van der Waals surface area (Å²) < 4.78 is 13.9. The molecule has 1 aliphatic rings. The van der Waals surface area contributed by atoms with Gasteiger partial charge < -0.3 is 9.31 Å². The second kappa shape index (κ2) is 5.81. The topological polar surface area (TPSA) is 18.5 Å². The Labute approximate surface area is 159 Å². The first-order valence-corrected chi connectivity index (χ1v) is 9.69. The van der Waals surface area contributed by atoms with Gasteiger partial charge in [-0.05, 0) is 50.0 Å². The first kappa shape index (κ1) is 17.5. The molecule has 0 unspecified atom stereocenters. The maximum absolute atomic E-state index is 6.34. The largest absolute Gasteiger partial charge is 0.495 e. The average Bonchev–Trinajstić information content (AvgIpc) is 3.07. The van der Waals surface area contributed by atoms with Crippen molar-refractivity contribution in [1.82, 2.24) is 0 Å². The minimum absolute atomic E-state index is 0.359. The van der Waals surface area contributed by atoms with E-state index < -0.39 is 0 Å². The van der Waals surface area contributed by atoms with Gasteiger partial charge >= 0.3 is 7.12 Å². The predicted molar refractivity (Wildman–Crippen MR) is 115 cm³/mol. The van der Waals surface area contributed by atoms with Crippen molar-refractivity contribution in [2.45, 2.75) is 38.9 Å². The molecule has 2 aromatic carbocycles. The van der Waals surface area contributed by atoms with E-state index in [1.807, 2.05) is 12.2 Å². The van der Waals surface area contributed by atoms with E-state index >= 15 is 0 Å². The first-order valence-electron chi connectivity index (χ1n) is 8.88. The summed E-state index contributed by atoms with van der Waals surface area (Å²) in [5.74, 6) is 0.